The molecule has 0 aliphatic carbocycles. The summed E-state index contributed by atoms with van der Waals surface area (Å²) in [5.41, 5.74) is 1.27. The molecule has 1 aromatic rings. The van der Waals surface area contributed by atoms with Crippen LogP contribution in [0.1, 0.15) is 6.92 Å². The quantitative estimate of drug-likeness (QED) is 0.451. The second-order valence-corrected chi connectivity index (χ2v) is 5.18. The molecule has 0 atom stereocenters. The van der Waals surface area contributed by atoms with E-state index in [0.717, 1.165) is 31.9 Å². The molecule has 6 nitrogen and oxygen atoms in total. The normalized spacial score (nSPS) is 16.3. The predicted molar refractivity (Wildman–Crippen MR) is 86.1 cm³/mol. The van der Waals surface area contributed by atoms with Gasteiger partial charge in [0.05, 0.1) is 13.2 Å². The Kier molecular flexibility index (Phi) is 6.34. The fourth-order valence-electron chi connectivity index (χ4n) is 2.48. The van der Waals surface area contributed by atoms with Crippen molar-refractivity contribution < 1.29 is 18.8 Å². The van der Waals surface area contributed by atoms with Crippen LogP contribution in [0.25, 0.3) is 0 Å². The average molecular weight is 323 g/mol. The molecule has 0 amide bonds. The van der Waals surface area contributed by atoms with Gasteiger partial charge in [0.25, 0.3) is 0 Å². The number of hydrogen-bond acceptors (Lipinski definition) is 6. The SMILES string of the molecule is CCOC(=O)/C(CN1CCN(c2ccc(F)cc2)CC1)=N/OC. The fraction of sp³-hybridized carbons (Fsp3) is 0.500. The van der Waals surface area contributed by atoms with Crippen LogP contribution in [-0.4, -0.2) is 63.0 Å². The molecule has 0 radical (unpaired) electrons. The average Bonchev–Trinajstić information content (AvgIpc) is 2.56. The first-order valence-corrected chi connectivity index (χ1v) is 7.64. The summed E-state index contributed by atoms with van der Waals surface area (Å²) in [7, 11) is 1.41. The van der Waals surface area contributed by atoms with Crippen LogP contribution in [0.2, 0.25) is 0 Å². The Bertz CT molecular complexity index is 540. The molecule has 0 saturated carbocycles. The molecular formula is C16H22FN3O3. The maximum Gasteiger partial charge on any atom is 0.357 e. The van der Waals surface area contributed by atoms with Crippen LogP contribution in [0, 0.1) is 5.82 Å². The Morgan fingerprint density at radius 3 is 2.43 bits per heavy atom. The molecular weight excluding hydrogens is 301 g/mol. The molecule has 126 valence electrons. The van der Waals surface area contributed by atoms with Gasteiger partial charge in [0.15, 0.2) is 5.71 Å². The lowest BCUT2D eigenvalue weighted by Gasteiger charge is -2.35. The van der Waals surface area contributed by atoms with E-state index in [-0.39, 0.29) is 11.5 Å². The van der Waals surface area contributed by atoms with Gasteiger partial charge in [-0.25, -0.2) is 9.18 Å². The van der Waals surface area contributed by atoms with E-state index in [1.54, 1.807) is 19.1 Å². The second-order valence-electron chi connectivity index (χ2n) is 5.18. The number of carbonyl (C=O) groups excluding carboxylic acids is 1. The first-order chi connectivity index (χ1) is 11.1. The summed E-state index contributed by atoms with van der Waals surface area (Å²) in [5.74, 6) is -0.683. The Morgan fingerprint density at radius 1 is 1.22 bits per heavy atom. The molecule has 1 aliphatic heterocycles. The van der Waals surface area contributed by atoms with Crippen LogP contribution in [-0.2, 0) is 14.4 Å². The van der Waals surface area contributed by atoms with Crippen LogP contribution in [0.3, 0.4) is 0 Å². The molecule has 0 spiro atoms. The van der Waals surface area contributed by atoms with E-state index in [4.69, 9.17) is 9.57 Å². The molecule has 1 aliphatic rings. The van der Waals surface area contributed by atoms with Crippen molar-refractivity contribution in [2.75, 3.05) is 51.3 Å². The van der Waals surface area contributed by atoms with Crippen LogP contribution < -0.4 is 4.90 Å². The monoisotopic (exact) mass is 323 g/mol. The number of halogens is 1. The molecule has 1 fully saturated rings. The Balaban J connectivity index is 1.89. The van der Waals surface area contributed by atoms with Crippen molar-refractivity contribution in [3.63, 3.8) is 0 Å². The minimum atomic E-state index is -0.449. The van der Waals surface area contributed by atoms with Crippen molar-refractivity contribution in [1.29, 1.82) is 0 Å². The highest BCUT2D eigenvalue weighted by Crippen LogP contribution is 2.16. The van der Waals surface area contributed by atoms with E-state index in [0.29, 0.717) is 13.2 Å². The van der Waals surface area contributed by atoms with Gasteiger partial charge in [-0.05, 0) is 31.2 Å². The number of anilines is 1. The summed E-state index contributed by atoms with van der Waals surface area (Å²) < 4.78 is 18.0. The summed E-state index contributed by atoms with van der Waals surface area (Å²) in [6.07, 6.45) is 0. The number of oxime groups is 1. The zero-order valence-corrected chi connectivity index (χ0v) is 13.5. The third kappa shape index (κ3) is 4.92. The van der Waals surface area contributed by atoms with Gasteiger partial charge < -0.3 is 14.5 Å². The zero-order valence-electron chi connectivity index (χ0n) is 13.5. The van der Waals surface area contributed by atoms with Crippen molar-refractivity contribution >= 4 is 17.4 Å². The number of benzene rings is 1. The topological polar surface area (TPSA) is 54.4 Å². The number of carbonyl (C=O) groups is 1. The third-order valence-electron chi connectivity index (χ3n) is 3.65. The smallest absolute Gasteiger partial charge is 0.357 e. The van der Waals surface area contributed by atoms with Crippen LogP contribution in [0.15, 0.2) is 29.4 Å². The lowest BCUT2D eigenvalue weighted by molar-refractivity contribution is -0.135. The van der Waals surface area contributed by atoms with E-state index in [1.165, 1.54) is 19.2 Å². The summed E-state index contributed by atoms with van der Waals surface area (Å²) in [5, 5.41) is 3.77. The fourth-order valence-corrected chi connectivity index (χ4v) is 2.48. The maximum atomic E-state index is 13.0. The Morgan fingerprint density at radius 2 is 1.87 bits per heavy atom. The summed E-state index contributed by atoms with van der Waals surface area (Å²) in [6.45, 7) is 5.61. The lowest BCUT2D eigenvalue weighted by atomic mass is 10.2. The van der Waals surface area contributed by atoms with Crippen molar-refractivity contribution in [3.05, 3.63) is 30.1 Å². The van der Waals surface area contributed by atoms with Gasteiger partial charge in [0, 0.05) is 31.9 Å². The third-order valence-corrected chi connectivity index (χ3v) is 3.65. The summed E-state index contributed by atoms with van der Waals surface area (Å²) in [4.78, 5) is 20.9. The van der Waals surface area contributed by atoms with Gasteiger partial charge in [-0.1, -0.05) is 5.16 Å². The van der Waals surface area contributed by atoms with E-state index in [2.05, 4.69) is 15.0 Å². The molecule has 1 heterocycles. The molecule has 7 heteroatoms. The minimum Gasteiger partial charge on any atom is -0.461 e. The van der Waals surface area contributed by atoms with Gasteiger partial charge >= 0.3 is 5.97 Å². The van der Waals surface area contributed by atoms with Gasteiger partial charge in [-0.15, -0.1) is 0 Å². The van der Waals surface area contributed by atoms with E-state index < -0.39 is 5.97 Å². The van der Waals surface area contributed by atoms with Crippen molar-refractivity contribution in [2.45, 2.75) is 6.92 Å². The molecule has 2 rings (SSSR count). The standard InChI is InChI=1S/C16H22FN3O3/c1-3-23-16(21)15(18-22-2)12-19-8-10-20(11-9-19)14-6-4-13(17)5-7-14/h4-7H,3,8-12H2,1-2H3/b18-15+. The van der Waals surface area contributed by atoms with Crippen LogP contribution in [0.4, 0.5) is 10.1 Å². The molecule has 1 aromatic carbocycles. The largest absolute Gasteiger partial charge is 0.461 e. The Hall–Kier alpha value is -2.15. The number of ether oxygens (including phenoxy) is 1. The van der Waals surface area contributed by atoms with Crippen molar-refractivity contribution in [3.8, 4) is 0 Å². The second kappa shape index (κ2) is 8.47. The minimum absolute atomic E-state index is 0.234. The first-order valence-electron chi connectivity index (χ1n) is 7.64. The molecule has 0 bridgehead atoms. The molecule has 23 heavy (non-hydrogen) atoms. The summed E-state index contributed by atoms with van der Waals surface area (Å²) in [6, 6.07) is 6.49. The van der Waals surface area contributed by atoms with Gasteiger partial charge in [-0.2, -0.15) is 0 Å². The van der Waals surface area contributed by atoms with Crippen LogP contribution in [0.5, 0.6) is 0 Å². The van der Waals surface area contributed by atoms with E-state index in [1.807, 2.05) is 0 Å². The van der Waals surface area contributed by atoms with E-state index >= 15 is 0 Å². The number of esters is 1. The Labute approximate surface area is 135 Å². The van der Waals surface area contributed by atoms with Crippen molar-refractivity contribution in [2.24, 2.45) is 5.16 Å². The van der Waals surface area contributed by atoms with Gasteiger partial charge in [0.2, 0.25) is 0 Å². The van der Waals surface area contributed by atoms with E-state index in [9.17, 15) is 9.18 Å². The van der Waals surface area contributed by atoms with Crippen molar-refractivity contribution in [1.82, 2.24) is 4.90 Å². The number of rotatable bonds is 6. The maximum absolute atomic E-state index is 13.0. The highest BCUT2D eigenvalue weighted by Gasteiger charge is 2.22. The molecule has 0 unspecified atom stereocenters. The number of hydrogen-bond donors (Lipinski definition) is 0. The zero-order chi connectivity index (χ0) is 16.7. The number of piperazine rings is 1. The highest BCUT2D eigenvalue weighted by atomic mass is 19.1. The summed E-state index contributed by atoms with van der Waals surface area (Å²) >= 11 is 0. The lowest BCUT2D eigenvalue weighted by Crippen LogP contribution is -2.49. The van der Waals surface area contributed by atoms with Gasteiger partial charge in [-0.3, -0.25) is 4.90 Å². The first kappa shape index (κ1) is 17.2. The van der Waals surface area contributed by atoms with Crippen LogP contribution >= 0.6 is 0 Å². The molecule has 1 saturated heterocycles. The molecule has 0 N–H and O–H groups in total. The molecule has 0 aromatic heterocycles. The highest BCUT2D eigenvalue weighted by molar-refractivity contribution is 6.37. The predicted octanol–water partition coefficient (Wildman–Crippen LogP) is 1.51. The van der Waals surface area contributed by atoms with Gasteiger partial charge in [0.1, 0.15) is 12.9 Å². The number of nitrogens with zero attached hydrogens (tertiary/aromatic N) is 3.